The Kier molecular flexibility index (Phi) is 5.52. The zero-order valence-corrected chi connectivity index (χ0v) is 13.0. The third-order valence-corrected chi connectivity index (χ3v) is 4.03. The highest BCUT2D eigenvalue weighted by Gasteiger charge is 2.16. The topological polar surface area (TPSA) is 38.3 Å². The second-order valence-electron chi connectivity index (χ2n) is 4.77. The first-order valence-corrected chi connectivity index (χ1v) is 7.69. The number of hydrogen-bond acceptors (Lipinski definition) is 2. The van der Waals surface area contributed by atoms with Crippen LogP contribution >= 0.6 is 27.5 Å². The van der Waals surface area contributed by atoms with E-state index in [0.717, 1.165) is 17.3 Å². The molecule has 1 N–H and O–H groups in total. The molecule has 0 spiro atoms. The smallest absolute Gasteiger partial charge is 0.258 e. The summed E-state index contributed by atoms with van der Waals surface area (Å²) < 4.78 is 6.32. The van der Waals surface area contributed by atoms with E-state index in [0.29, 0.717) is 16.8 Å². The second kappa shape index (κ2) is 7.15. The van der Waals surface area contributed by atoms with E-state index < -0.39 is 0 Å². The van der Waals surface area contributed by atoms with E-state index in [1.54, 1.807) is 12.1 Å². The van der Waals surface area contributed by atoms with Crippen LogP contribution in [0.5, 0.6) is 5.75 Å². The van der Waals surface area contributed by atoms with Gasteiger partial charge in [0.1, 0.15) is 5.75 Å². The highest BCUT2D eigenvalue weighted by molar-refractivity contribution is 9.10. The van der Waals surface area contributed by atoms with Crippen LogP contribution in [0, 0.1) is 0 Å². The van der Waals surface area contributed by atoms with Gasteiger partial charge in [0.15, 0.2) is 6.61 Å². The number of hydrogen-bond donors (Lipinski definition) is 1. The van der Waals surface area contributed by atoms with Crippen molar-refractivity contribution >= 4 is 33.4 Å². The summed E-state index contributed by atoms with van der Waals surface area (Å²) in [5.41, 5.74) is 0. The van der Waals surface area contributed by atoms with Gasteiger partial charge in [-0.1, -0.05) is 46.8 Å². The molecule has 0 saturated heterocycles. The molecule has 1 aliphatic rings. The van der Waals surface area contributed by atoms with Gasteiger partial charge in [-0.2, -0.15) is 0 Å². The highest BCUT2D eigenvalue weighted by atomic mass is 79.9. The normalized spacial score (nSPS) is 16.1. The lowest BCUT2D eigenvalue weighted by Gasteiger charge is -2.22. The molecule has 0 aromatic heterocycles. The van der Waals surface area contributed by atoms with Crippen molar-refractivity contribution in [3.8, 4) is 5.75 Å². The van der Waals surface area contributed by atoms with Gasteiger partial charge < -0.3 is 10.1 Å². The average molecular weight is 347 g/mol. The fourth-order valence-corrected chi connectivity index (χ4v) is 2.76. The Hall–Kier alpha value is -0.740. The van der Waals surface area contributed by atoms with E-state index in [-0.39, 0.29) is 12.5 Å². The van der Waals surface area contributed by atoms with Crippen LogP contribution in [0.4, 0.5) is 0 Å². The summed E-state index contributed by atoms with van der Waals surface area (Å²) in [7, 11) is 0. The van der Waals surface area contributed by atoms with Crippen molar-refractivity contribution in [2.75, 3.05) is 6.61 Å². The number of carbonyl (C=O) groups is 1. The molecular formula is C14H17BrClNO2. The van der Waals surface area contributed by atoms with Gasteiger partial charge in [0.05, 0.1) is 5.02 Å². The minimum Gasteiger partial charge on any atom is -0.482 e. The van der Waals surface area contributed by atoms with E-state index >= 15 is 0 Å². The summed E-state index contributed by atoms with van der Waals surface area (Å²) in [4.78, 5) is 11.8. The summed E-state index contributed by atoms with van der Waals surface area (Å²) in [6.07, 6.45) is 5.82. The molecule has 1 aliphatic carbocycles. The molecule has 1 aromatic carbocycles. The minimum atomic E-state index is -0.0806. The lowest BCUT2D eigenvalue weighted by atomic mass is 9.95. The molecule has 1 fully saturated rings. The predicted octanol–water partition coefficient (Wildman–Crippen LogP) is 3.93. The van der Waals surface area contributed by atoms with Crippen LogP contribution in [0.2, 0.25) is 5.02 Å². The summed E-state index contributed by atoms with van der Waals surface area (Å²) in [5, 5.41) is 3.51. The molecule has 3 nitrogen and oxygen atoms in total. The molecule has 0 unspecified atom stereocenters. The van der Waals surface area contributed by atoms with Gasteiger partial charge in [-0.05, 0) is 31.0 Å². The van der Waals surface area contributed by atoms with Crippen LogP contribution < -0.4 is 10.1 Å². The van der Waals surface area contributed by atoms with Gasteiger partial charge in [0, 0.05) is 10.5 Å². The lowest BCUT2D eigenvalue weighted by molar-refractivity contribution is -0.124. The number of amides is 1. The summed E-state index contributed by atoms with van der Waals surface area (Å²) in [6.45, 7) is 0.00662. The molecule has 0 radical (unpaired) electrons. The van der Waals surface area contributed by atoms with Crippen molar-refractivity contribution < 1.29 is 9.53 Å². The molecule has 0 heterocycles. The third kappa shape index (κ3) is 4.69. The average Bonchev–Trinajstić information content (AvgIpc) is 2.41. The first-order valence-electron chi connectivity index (χ1n) is 6.52. The Labute approximate surface area is 126 Å². The monoisotopic (exact) mass is 345 g/mol. The molecule has 5 heteroatoms. The van der Waals surface area contributed by atoms with Crippen molar-refractivity contribution in [3.05, 3.63) is 27.7 Å². The highest BCUT2D eigenvalue weighted by Crippen LogP contribution is 2.27. The number of nitrogens with one attached hydrogen (secondary N) is 1. The van der Waals surface area contributed by atoms with Gasteiger partial charge >= 0.3 is 0 Å². The van der Waals surface area contributed by atoms with E-state index in [1.165, 1.54) is 19.3 Å². The molecular weight excluding hydrogens is 330 g/mol. The van der Waals surface area contributed by atoms with Crippen LogP contribution in [0.15, 0.2) is 22.7 Å². The Bertz CT molecular complexity index is 447. The summed E-state index contributed by atoms with van der Waals surface area (Å²) in [5.74, 6) is 0.442. The van der Waals surface area contributed by atoms with Crippen LogP contribution in [0.3, 0.4) is 0 Å². The Morgan fingerprint density at radius 1 is 1.37 bits per heavy atom. The Morgan fingerprint density at radius 3 is 2.84 bits per heavy atom. The van der Waals surface area contributed by atoms with Gasteiger partial charge in [0.2, 0.25) is 0 Å². The molecule has 0 bridgehead atoms. The number of ether oxygens (including phenoxy) is 1. The predicted molar refractivity (Wildman–Crippen MR) is 79.7 cm³/mol. The van der Waals surface area contributed by atoms with Gasteiger partial charge in [-0.3, -0.25) is 4.79 Å². The van der Waals surface area contributed by atoms with Crippen LogP contribution in [-0.2, 0) is 4.79 Å². The fourth-order valence-electron chi connectivity index (χ4n) is 2.25. The largest absolute Gasteiger partial charge is 0.482 e. The number of rotatable bonds is 4. The summed E-state index contributed by atoms with van der Waals surface area (Å²) >= 11 is 9.34. The molecule has 2 rings (SSSR count). The minimum absolute atomic E-state index is 0.00662. The van der Waals surface area contributed by atoms with E-state index in [2.05, 4.69) is 21.2 Å². The Morgan fingerprint density at radius 2 is 2.11 bits per heavy atom. The molecule has 104 valence electrons. The van der Waals surface area contributed by atoms with E-state index in [1.807, 2.05) is 6.07 Å². The van der Waals surface area contributed by atoms with Gasteiger partial charge in [0.25, 0.3) is 5.91 Å². The Balaban J connectivity index is 1.81. The molecule has 1 saturated carbocycles. The molecule has 0 aliphatic heterocycles. The lowest BCUT2D eigenvalue weighted by Crippen LogP contribution is -2.38. The van der Waals surface area contributed by atoms with Crippen LogP contribution in [0.25, 0.3) is 0 Å². The maximum Gasteiger partial charge on any atom is 0.258 e. The number of halogens is 2. The quantitative estimate of drug-likeness (QED) is 0.897. The first-order chi connectivity index (χ1) is 9.15. The van der Waals surface area contributed by atoms with Crippen molar-refractivity contribution in [3.63, 3.8) is 0 Å². The standard InChI is InChI=1S/C14H17BrClNO2/c15-10-6-7-12(16)13(8-10)19-9-14(18)17-11-4-2-1-3-5-11/h6-8,11H,1-5,9H2,(H,17,18). The fraction of sp³-hybridized carbons (Fsp3) is 0.500. The maximum absolute atomic E-state index is 11.8. The zero-order chi connectivity index (χ0) is 13.7. The SMILES string of the molecule is O=C(COc1cc(Br)ccc1Cl)NC1CCCCC1. The molecule has 1 aromatic rings. The zero-order valence-electron chi connectivity index (χ0n) is 10.6. The maximum atomic E-state index is 11.8. The second-order valence-corrected chi connectivity index (χ2v) is 6.09. The molecule has 19 heavy (non-hydrogen) atoms. The van der Waals surface area contributed by atoms with E-state index in [9.17, 15) is 4.79 Å². The first kappa shape index (κ1) is 14.7. The van der Waals surface area contributed by atoms with Crippen molar-refractivity contribution in [1.29, 1.82) is 0 Å². The van der Waals surface area contributed by atoms with Crippen LogP contribution in [-0.4, -0.2) is 18.6 Å². The number of carbonyl (C=O) groups excluding carboxylic acids is 1. The number of benzene rings is 1. The molecule has 1 amide bonds. The van der Waals surface area contributed by atoms with Gasteiger partial charge in [-0.25, -0.2) is 0 Å². The van der Waals surface area contributed by atoms with Crippen molar-refractivity contribution in [2.24, 2.45) is 0 Å². The van der Waals surface area contributed by atoms with Crippen molar-refractivity contribution in [2.45, 2.75) is 38.1 Å². The van der Waals surface area contributed by atoms with E-state index in [4.69, 9.17) is 16.3 Å². The summed E-state index contributed by atoms with van der Waals surface area (Å²) in [6, 6.07) is 5.64. The van der Waals surface area contributed by atoms with Crippen LogP contribution in [0.1, 0.15) is 32.1 Å². The van der Waals surface area contributed by atoms with Crippen molar-refractivity contribution in [1.82, 2.24) is 5.32 Å². The third-order valence-electron chi connectivity index (χ3n) is 3.22. The molecule has 0 atom stereocenters. The van der Waals surface area contributed by atoms with Gasteiger partial charge in [-0.15, -0.1) is 0 Å².